The predicted octanol–water partition coefficient (Wildman–Crippen LogP) is 5.34. The van der Waals surface area contributed by atoms with Crippen LogP contribution in [0.2, 0.25) is 5.02 Å². The van der Waals surface area contributed by atoms with Gasteiger partial charge in [0, 0.05) is 33.3 Å². The van der Waals surface area contributed by atoms with Crippen LogP contribution in [0.3, 0.4) is 0 Å². The van der Waals surface area contributed by atoms with E-state index < -0.39 is 0 Å². The van der Waals surface area contributed by atoms with Crippen molar-refractivity contribution in [1.29, 1.82) is 0 Å². The van der Waals surface area contributed by atoms with Crippen LogP contribution in [0, 0.1) is 0 Å². The number of nitrogens with one attached hydrogen (secondary N) is 2. The molecule has 1 aliphatic heterocycles. The maximum atomic E-state index is 13.1. The number of hydrogen-bond acceptors (Lipinski definition) is 6. The molecule has 5 rings (SSSR count). The number of H-pyrrole nitrogens is 1. The molecule has 0 saturated carbocycles. The standard InChI is InChI=1S/C22H18ClN3O2S2/c23-13-6-2-1-5-12(13)11-30-22-25-20-19(21(28)26-22)18(16-9-4-10-29-16)17-14(24-20)7-3-8-15(17)27/h1-2,4-6,9-10,18H,3,7-8,11H2,(H2,24,25,26,28). The van der Waals surface area contributed by atoms with Gasteiger partial charge < -0.3 is 10.3 Å². The van der Waals surface area contributed by atoms with Crippen LogP contribution in [0.4, 0.5) is 5.82 Å². The topological polar surface area (TPSA) is 74.8 Å². The normalized spacial score (nSPS) is 18.0. The number of thioether (sulfide) groups is 1. The lowest BCUT2D eigenvalue weighted by Crippen LogP contribution is -2.32. The first-order chi connectivity index (χ1) is 14.6. The summed E-state index contributed by atoms with van der Waals surface area (Å²) < 4.78 is 0. The molecule has 1 aromatic carbocycles. The smallest absolute Gasteiger partial charge is 0.257 e. The molecule has 30 heavy (non-hydrogen) atoms. The molecule has 0 spiro atoms. The molecule has 1 aliphatic carbocycles. The molecule has 0 amide bonds. The highest BCUT2D eigenvalue weighted by molar-refractivity contribution is 7.98. The number of aromatic amines is 1. The van der Waals surface area contributed by atoms with E-state index in [1.54, 1.807) is 11.3 Å². The highest BCUT2D eigenvalue weighted by Gasteiger charge is 2.38. The fraction of sp³-hybridized carbons (Fsp3) is 0.227. The van der Waals surface area contributed by atoms with Gasteiger partial charge in [-0.1, -0.05) is 47.6 Å². The number of thiophene rings is 1. The summed E-state index contributed by atoms with van der Waals surface area (Å²) in [6.45, 7) is 0. The van der Waals surface area contributed by atoms with Gasteiger partial charge in [0.15, 0.2) is 10.9 Å². The molecule has 5 nitrogen and oxygen atoms in total. The van der Waals surface area contributed by atoms with Crippen LogP contribution < -0.4 is 10.9 Å². The highest BCUT2D eigenvalue weighted by Crippen LogP contribution is 2.44. The van der Waals surface area contributed by atoms with Gasteiger partial charge in [0.2, 0.25) is 0 Å². The van der Waals surface area contributed by atoms with Gasteiger partial charge in [-0.3, -0.25) is 9.59 Å². The lowest BCUT2D eigenvalue weighted by Gasteiger charge is -2.32. The van der Waals surface area contributed by atoms with Gasteiger partial charge in [-0.25, -0.2) is 4.98 Å². The Kier molecular flexibility index (Phi) is 5.26. The second kappa shape index (κ2) is 8.06. The first kappa shape index (κ1) is 19.6. The van der Waals surface area contributed by atoms with E-state index in [9.17, 15) is 9.59 Å². The molecule has 0 saturated heterocycles. The Morgan fingerprint density at radius 1 is 1.17 bits per heavy atom. The van der Waals surface area contributed by atoms with Crippen molar-refractivity contribution in [2.75, 3.05) is 5.32 Å². The van der Waals surface area contributed by atoms with Gasteiger partial charge in [0.1, 0.15) is 5.82 Å². The van der Waals surface area contributed by atoms with Crippen molar-refractivity contribution in [2.24, 2.45) is 0 Å². The molecule has 0 radical (unpaired) electrons. The zero-order chi connectivity index (χ0) is 20.7. The Morgan fingerprint density at radius 2 is 2.03 bits per heavy atom. The number of carbonyl (C=O) groups is 1. The molecule has 152 valence electrons. The number of benzene rings is 1. The van der Waals surface area contributed by atoms with Crippen LogP contribution in [-0.2, 0) is 10.5 Å². The second-order valence-electron chi connectivity index (χ2n) is 7.26. The number of anilines is 1. The van der Waals surface area contributed by atoms with Crippen LogP contribution >= 0.6 is 34.7 Å². The number of allylic oxidation sites excluding steroid dienone is 2. The van der Waals surface area contributed by atoms with E-state index in [1.165, 1.54) is 11.8 Å². The molecular weight excluding hydrogens is 438 g/mol. The van der Waals surface area contributed by atoms with Crippen molar-refractivity contribution in [3.05, 3.63) is 84.4 Å². The van der Waals surface area contributed by atoms with Crippen molar-refractivity contribution in [3.63, 3.8) is 0 Å². The quantitative estimate of drug-likeness (QED) is 0.410. The summed E-state index contributed by atoms with van der Waals surface area (Å²) in [6, 6.07) is 11.6. The predicted molar refractivity (Wildman–Crippen MR) is 122 cm³/mol. The Bertz CT molecular complexity index is 1220. The largest absolute Gasteiger partial charge is 0.343 e. The average molecular weight is 456 g/mol. The zero-order valence-electron chi connectivity index (χ0n) is 15.9. The number of nitrogens with zero attached hydrogens (tertiary/aromatic N) is 1. The third-order valence-corrected chi connectivity index (χ3v) is 7.61. The van der Waals surface area contributed by atoms with Gasteiger partial charge in [-0.15, -0.1) is 11.3 Å². The molecule has 0 bridgehead atoms. The van der Waals surface area contributed by atoms with Crippen molar-refractivity contribution in [3.8, 4) is 0 Å². The van der Waals surface area contributed by atoms with E-state index in [-0.39, 0.29) is 17.3 Å². The number of ketones is 1. The summed E-state index contributed by atoms with van der Waals surface area (Å²) >= 11 is 9.24. The van der Waals surface area contributed by atoms with E-state index in [4.69, 9.17) is 16.6 Å². The summed E-state index contributed by atoms with van der Waals surface area (Å²) in [7, 11) is 0. The minimum Gasteiger partial charge on any atom is -0.343 e. The van der Waals surface area contributed by atoms with Crippen molar-refractivity contribution in [1.82, 2.24) is 9.97 Å². The fourth-order valence-corrected chi connectivity index (χ4v) is 6.00. The first-order valence-electron chi connectivity index (χ1n) is 9.69. The number of aromatic nitrogens is 2. The maximum Gasteiger partial charge on any atom is 0.257 e. The van der Waals surface area contributed by atoms with E-state index in [0.717, 1.165) is 34.6 Å². The van der Waals surface area contributed by atoms with E-state index in [0.29, 0.717) is 33.7 Å². The SMILES string of the molecule is O=C1CCCC2=C1C(c1cccs1)c1c(nc(SCc3ccccc3Cl)[nH]c1=O)N2. The highest BCUT2D eigenvalue weighted by atomic mass is 35.5. The minimum atomic E-state index is -0.358. The Labute approximate surface area is 186 Å². The Balaban J connectivity index is 1.55. The Morgan fingerprint density at radius 3 is 2.83 bits per heavy atom. The van der Waals surface area contributed by atoms with E-state index in [1.807, 2.05) is 41.8 Å². The summed E-state index contributed by atoms with van der Waals surface area (Å²) in [4.78, 5) is 34.5. The summed E-state index contributed by atoms with van der Waals surface area (Å²) in [5.74, 6) is 0.905. The molecule has 1 unspecified atom stereocenters. The second-order valence-corrected chi connectivity index (χ2v) is 9.61. The van der Waals surface area contributed by atoms with E-state index >= 15 is 0 Å². The molecule has 2 N–H and O–H groups in total. The maximum absolute atomic E-state index is 13.1. The van der Waals surface area contributed by atoms with Gasteiger partial charge in [0.05, 0.1) is 11.5 Å². The average Bonchev–Trinajstić information content (AvgIpc) is 3.26. The molecule has 8 heteroatoms. The van der Waals surface area contributed by atoms with Crippen LogP contribution in [0.15, 0.2) is 63.0 Å². The monoisotopic (exact) mass is 455 g/mol. The van der Waals surface area contributed by atoms with Crippen molar-refractivity contribution in [2.45, 2.75) is 36.1 Å². The molecule has 3 heterocycles. The zero-order valence-corrected chi connectivity index (χ0v) is 18.3. The third kappa shape index (κ3) is 3.51. The molecule has 2 aliphatic rings. The minimum absolute atomic E-state index is 0.115. The van der Waals surface area contributed by atoms with Gasteiger partial charge in [-0.05, 0) is 35.9 Å². The molecule has 3 aromatic rings. The third-order valence-electron chi connectivity index (χ3n) is 5.39. The molecule has 1 atom stereocenters. The van der Waals surface area contributed by atoms with Crippen LogP contribution in [-0.4, -0.2) is 15.8 Å². The summed E-state index contributed by atoms with van der Waals surface area (Å²) in [5, 5.41) is 6.50. The molecule has 0 fully saturated rings. The number of rotatable bonds is 4. The van der Waals surface area contributed by atoms with Crippen molar-refractivity contribution < 1.29 is 4.79 Å². The number of Topliss-reactive ketones (excluding diaryl/α,β-unsaturated/α-hetero) is 1. The summed E-state index contributed by atoms with van der Waals surface area (Å²) in [6.07, 6.45) is 2.13. The van der Waals surface area contributed by atoms with Gasteiger partial charge >= 0.3 is 0 Å². The van der Waals surface area contributed by atoms with Crippen LogP contribution in [0.5, 0.6) is 0 Å². The number of hydrogen-bond donors (Lipinski definition) is 2. The molecule has 2 aromatic heterocycles. The lowest BCUT2D eigenvalue weighted by molar-refractivity contribution is -0.116. The number of carbonyl (C=O) groups excluding carboxylic acids is 1. The lowest BCUT2D eigenvalue weighted by atomic mass is 9.79. The first-order valence-corrected chi connectivity index (χ1v) is 11.9. The summed E-state index contributed by atoms with van der Waals surface area (Å²) in [5.41, 5.74) is 2.92. The van der Waals surface area contributed by atoms with Crippen molar-refractivity contribution >= 4 is 46.3 Å². The molecular formula is C22H18ClN3O2S2. The fourth-order valence-electron chi connectivity index (χ4n) is 4.01. The van der Waals surface area contributed by atoms with Gasteiger partial charge in [0.25, 0.3) is 5.56 Å². The van der Waals surface area contributed by atoms with Crippen LogP contribution in [0.1, 0.15) is 41.2 Å². The van der Waals surface area contributed by atoms with E-state index in [2.05, 4.69) is 10.3 Å². The van der Waals surface area contributed by atoms with Crippen LogP contribution in [0.25, 0.3) is 0 Å². The number of halogens is 1. The number of fused-ring (bicyclic) bond motifs is 1. The Hall–Kier alpha value is -2.35. The van der Waals surface area contributed by atoms with Gasteiger partial charge in [-0.2, -0.15) is 0 Å².